The summed E-state index contributed by atoms with van der Waals surface area (Å²) in [6, 6.07) is 0. The van der Waals surface area contributed by atoms with Gasteiger partial charge in [0.1, 0.15) is 0 Å². The van der Waals surface area contributed by atoms with Crippen LogP contribution in [-0.4, -0.2) is 37.2 Å². The van der Waals surface area contributed by atoms with Crippen molar-refractivity contribution in [2.45, 2.75) is 57.5 Å². The number of amides is 1. The Morgan fingerprint density at radius 1 is 1.53 bits per heavy atom. The summed E-state index contributed by atoms with van der Waals surface area (Å²) in [6.45, 7) is 7.57. The molecular weight excluding hydrogens is 216 g/mol. The number of carbonyl (C=O) groups is 1. The van der Waals surface area contributed by atoms with Gasteiger partial charge < -0.3 is 15.4 Å². The smallest absolute Gasteiger partial charge is 0.240 e. The van der Waals surface area contributed by atoms with Gasteiger partial charge in [0.25, 0.3) is 0 Å². The third-order valence-electron chi connectivity index (χ3n) is 3.31. The van der Waals surface area contributed by atoms with Crippen molar-refractivity contribution in [2.24, 2.45) is 0 Å². The van der Waals surface area contributed by atoms with Crippen molar-refractivity contribution in [3.8, 4) is 0 Å². The van der Waals surface area contributed by atoms with E-state index in [9.17, 15) is 4.79 Å². The Bertz CT molecular complexity index is 258. The number of rotatable bonds is 6. The van der Waals surface area contributed by atoms with Gasteiger partial charge in [0.2, 0.25) is 5.91 Å². The zero-order valence-corrected chi connectivity index (χ0v) is 11.6. The van der Waals surface area contributed by atoms with Crippen molar-refractivity contribution >= 4 is 5.91 Å². The van der Waals surface area contributed by atoms with Gasteiger partial charge in [-0.1, -0.05) is 13.3 Å². The lowest BCUT2D eigenvalue weighted by Crippen LogP contribution is -2.59. The Labute approximate surface area is 104 Å². The van der Waals surface area contributed by atoms with E-state index in [0.29, 0.717) is 6.61 Å². The van der Waals surface area contributed by atoms with Crippen LogP contribution >= 0.6 is 0 Å². The Kier molecular flexibility index (Phi) is 4.95. The van der Waals surface area contributed by atoms with Gasteiger partial charge in [-0.3, -0.25) is 4.79 Å². The third kappa shape index (κ3) is 3.68. The summed E-state index contributed by atoms with van der Waals surface area (Å²) in [5.41, 5.74) is -0.656. The van der Waals surface area contributed by atoms with Gasteiger partial charge in [0, 0.05) is 7.11 Å². The van der Waals surface area contributed by atoms with Crippen LogP contribution in [0, 0.1) is 0 Å². The van der Waals surface area contributed by atoms with Crippen LogP contribution in [0.15, 0.2) is 0 Å². The van der Waals surface area contributed by atoms with Crippen LogP contribution < -0.4 is 10.6 Å². The highest BCUT2D eigenvalue weighted by Crippen LogP contribution is 2.25. The number of methoxy groups -OCH3 is 1. The molecule has 1 heterocycles. The summed E-state index contributed by atoms with van der Waals surface area (Å²) >= 11 is 0. The number of nitrogens with one attached hydrogen (secondary N) is 2. The average Bonchev–Trinajstić information content (AvgIpc) is 2.67. The van der Waals surface area contributed by atoms with Gasteiger partial charge in [-0.2, -0.15) is 0 Å². The van der Waals surface area contributed by atoms with E-state index in [-0.39, 0.29) is 17.0 Å². The largest absolute Gasteiger partial charge is 0.382 e. The van der Waals surface area contributed by atoms with E-state index in [4.69, 9.17) is 4.74 Å². The first-order valence-corrected chi connectivity index (χ1v) is 6.52. The van der Waals surface area contributed by atoms with E-state index in [1.807, 2.05) is 13.8 Å². The summed E-state index contributed by atoms with van der Waals surface area (Å²) in [6.07, 6.45) is 3.95. The highest BCUT2D eigenvalue weighted by atomic mass is 16.5. The molecule has 0 aromatic carbocycles. The lowest BCUT2D eigenvalue weighted by Gasteiger charge is -2.33. The number of hydrogen-bond acceptors (Lipinski definition) is 3. The molecule has 1 aliphatic rings. The second-order valence-corrected chi connectivity index (χ2v) is 5.63. The molecule has 2 N–H and O–H groups in total. The van der Waals surface area contributed by atoms with Gasteiger partial charge in [-0.25, -0.2) is 0 Å². The van der Waals surface area contributed by atoms with Gasteiger partial charge in [-0.15, -0.1) is 0 Å². The molecule has 4 heteroatoms. The summed E-state index contributed by atoms with van der Waals surface area (Å²) in [5, 5.41) is 6.48. The van der Waals surface area contributed by atoms with Crippen molar-refractivity contribution in [3.63, 3.8) is 0 Å². The molecular formula is C13H26N2O2. The first kappa shape index (κ1) is 14.5. The normalized spacial score (nSPS) is 24.9. The van der Waals surface area contributed by atoms with E-state index in [1.54, 1.807) is 7.11 Å². The third-order valence-corrected chi connectivity index (χ3v) is 3.31. The first-order valence-electron chi connectivity index (χ1n) is 6.52. The topological polar surface area (TPSA) is 50.4 Å². The summed E-state index contributed by atoms with van der Waals surface area (Å²) < 4.78 is 5.13. The van der Waals surface area contributed by atoms with E-state index >= 15 is 0 Å². The maximum atomic E-state index is 12.4. The monoisotopic (exact) mass is 242 g/mol. The van der Waals surface area contributed by atoms with Gasteiger partial charge in [0.05, 0.1) is 17.7 Å². The van der Waals surface area contributed by atoms with Crippen LogP contribution in [0.25, 0.3) is 0 Å². The van der Waals surface area contributed by atoms with E-state index in [0.717, 1.165) is 32.2 Å². The minimum atomic E-state index is -0.347. The molecule has 17 heavy (non-hydrogen) atoms. The SMILES string of the molecule is CCCC1(C(=O)NC(C)(C)COC)CCCN1. The fraction of sp³-hybridized carbons (Fsp3) is 0.923. The molecule has 1 aliphatic heterocycles. The molecule has 0 bridgehead atoms. The molecule has 1 fully saturated rings. The van der Waals surface area contributed by atoms with Crippen molar-refractivity contribution in [1.29, 1.82) is 0 Å². The van der Waals surface area contributed by atoms with Crippen LogP contribution in [0.4, 0.5) is 0 Å². The Hall–Kier alpha value is -0.610. The summed E-state index contributed by atoms with van der Waals surface area (Å²) in [7, 11) is 1.66. The van der Waals surface area contributed by atoms with E-state index in [2.05, 4.69) is 17.6 Å². The predicted molar refractivity (Wildman–Crippen MR) is 69.0 cm³/mol. The highest BCUT2D eigenvalue weighted by molar-refractivity contribution is 5.87. The fourth-order valence-electron chi connectivity index (χ4n) is 2.58. The van der Waals surface area contributed by atoms with Gasteiger partial charge in [0.15, 0.2) is 0 Å². The molecule has 1 amide bonds. The summed E-state index contributed by atoms with van der Waals surface area (Å²) in [5.74, 6) is 0.124. The van der Waals surface area contributed by atoms with Gasteiger partial charge >= 0.3 is 0 Å². The zero-order chi connectivity index (χ0) is 12.9. The lowest BCUT2D eigenvalue weighted by molar-refractivity contribution is -0.129. The predicted octanol–water partition coefficient (Wildman–Crippen LogP) is 1.45. The minimum absolute atomic E-state index is 0.124. The van der Waals surface area contributed by atoms with Gasteiger partial charge in [-0.05, 0) is 39.7 Å². The zero-order valence-electron chi connectivity index (χ0n) is 11.6. The average molecular weight is 242 g/mol. The number of carbonyl (C=O) groups excluding carboxylic acids is 1. The number of hydrogen-bond donors (Lipinski definition) is 2. The maximum Gasteiger partial charge on any atom is 0.240 e. The first-order chi connectivity index (χ1) is 7.96. The quantitative estimate of drug-likeness (QED) is 0.741. The fourth-order valence-corrected chi connectivity index (χ4v) is 2.58. The number of ether oxygens (including phenoxy) is 1. The van der Waals surface area contributed by atoms with E-state index in [1.165, 1.54) is 0 Å². The Morgan fingerprint density at radius 3 is 2.71 bits per heavy atom. The molecule has 1 unspecified atom stereocenters. The molecule has 4 nitrogen and oxygen atoms in total. The summed E-state index contributed by atoms with van der Waals surface area (Å²) in [4.78, 5) is 12.4. The van der Waals surface area contributed by atoms with Crippen molar-refractivity contribution in [1.82, 2.24) is 10.6 Å². The van der Waals surface area contributed by atoms with Crippen molar-refractivity contribution in [3.05, 3.63) is 0 Å². The molecule has 0 aromatic rings. The maximum absolute atomic E-state index is 12.4. The van der Waals surface area contributed by atoms with Crippen molar-refractivity contribution in [2.75, 3.05) is 20.3 Å². The molecule has 1 rings (SSSR count). The molecule has 0 aromatic heterocycles. The molecule has 0 spiro atoms. The Morgan fingerprint density at radius 2 is 2.24 bits per heavy atom. The Balaban J connectivity index is 2.66. The lowest BCUT2D eigenvalue weighted by atomic mass is 9.89. The minimum Gasteiger partial charge on any atom is -0.382 e. The van der Waals surface area contributed by atoms with Crippen LogP contribution in [0.5, 0.6) is 0 Å². The molecule has 0 saturated carbocycles. The molecule has 100 valence electrons. The van der Waals surface area contributed by atoms with Crippen LogP contribution in [-0.2, 0) is 9.53 Å². The standard InChI is InChI=1S/C13H26N2O2/c1-5-7-13(8-6-9-14-13)11(16)15-12(2,3)10-17-4/h14H,5-10H2,1-4H3,(H,15,16). The van der Waals surface area contributed by atoms with Crippen molar-refractivity contribution < 1.29 is 9.53 Å². The van der Waals surface area contributed by atoms with Crippen LogP contribution in [0.2, 0.25) is 0 Å². The molecule has 0 aliphatic carbocycles. The molecule has 1 atom stereocenters. The highest BCUT2D eigenvalue weighted by Gasteiger charge is 2.41. The molecule has 0 radical (unpaired) electrons. The van der Waals surface area contributed by atoms with Crippen LogP contribution in [0.3, 0.4) is 0 Å². The van der Waals surface area contributed by atoms with Crippen LogP contribution in [0.1, 0.15) is 46.5 Å². The van der Waals surface area contributed by atoms with E-state index < -0.39 is 0 Å². The second kappa shape index (κ2) is 5.83. The molecule has 1 saturated heterocycles. The second-order valence-electron chi connectivity index (χ2n) is 5.63.